The number of halogens is 1. The molecule has 23 heavy (non-hydrogen) atoms. The Bertz CT molecular complexity index is 541. The van der Waals surface area contributed by atoms with Gasteiger partial charge in [0.2, 0.25) is 0 Å². The van der Waals surface area contributed by atoms with Crippen LogP contribution in [0, 0.1) is 0 Å². The van der Waals surface area contributed by atoms with E-state index in [0.717, 1.165) is 23.6 Å². The summed E-state index contributed by atoms with van der Waals surface area (Å²) in [6, 6.07) is 4.15. The quantitative estimate of drug-likeness (QED) is 0.626. The monoisotopic (exact) mass is 358 g/mol. The van der Waals surface area contributed by atoms with Gasteiger partial charge in [-0.2, -0.15) is 0 Å². The number of ether oxygens (including phenoxy) is 1. The Morgan fingerprint density at radius 3 is 2.87 bits per heavy atom. The van der Waals surface area contributed by atoms with Crippen LogP contribution in [0.25, 0.3) is 0 Å². The molecule has 0 saturated carbocycles. The first-order valence-corrected chi connectivity index (χ1v) is 9.00. The zero-order chi connectivity index (χ0) is 16.7. The SMILES string of the molecule is CCOC(=O)N1CCC(NC(N)=NCCc2ccc(Cl)s2)CC1. The van der Waals surface area contributed by atoms with Gasteiger partial charge >= 0.3 is 6.09 Å². The Balaban J connectivity index is 1.68. The van der Waals surface area contributed by atoms with Crippen molar-refractivity contribution in [3.05, 3.63) is 21.3 Å². The van der Waals surface area contributed by atoms with Crippen LogP contribution in [-0.4, -0.2) is 49.2 Å². The molecule has 0 bridgehead atoms. The molecule has 1 saturated heterocycles. The molecule has 1 aliphatic rings. The Kier molecular flexibility index (Phi) is 6.98. The van der Waals surface area contributed by atoms with Crippen molar-refractivity contribution in [3.8, 4) is 0 Å². The Labute approximate surface area is 145 Å². The highest BCUT2D eigenvalue weighted by Gasteiger charge is 2.23. The molecule has 1 amide bonds. The predicted molar refractivity (Wildman–Crippen MR) is 94.3 cm³/mol. The van der Waals surface area contributed by atoms with Crippen LogP contribution in [0.3, 0.4) is 0 Å². The summed E-state index contributed by atoms with van der Waals surface area (Å²) >= 11 is 7.46. The maximum absolute atomic E-state index is 11.6. The number of nitrogens with zero attached hydrogens (tertiary/aromatic N) is 2. The van der Waals surface area contributed by atoms with Crippen molar-refractivity contribution in [1.29, 1.82) is 0 Å². The molecule has 128 valence electrons. The van der Waals surface area contributed by atoms with Crippen LogP contribution in [0.1, 0.15) is 24.6 Å². The summed E-state index contributed by atoms with van der Waals surface area (Å²) < 4.78 is 5.80. The third-order valence-electron chi connectivity index (χ3n) is 3.64. The molecular formula is C15H23ClN4O2S. The maximum Gasteiger partial charge on any atom is 0.409 e. The van der Waals surface area contributed by atoms with Gasteiger partial charge in [0, 0.05) is 37.0 Å². The standard InChI is InChI=1S/C15H23ClN4O2S/c1-2-22-15(21)20-9-6-11(7-10-20)19-14(17)18-8-5-12-3-4-13(16)23-12/h3-4,11H,2,5-10H2,1H3,(H3,17,18,19). The molecule has 2 rings (SSSR count). The van der Waals surface area contributed by atoms with Gasteiger partial charge < -0.3 is 20.7 Å². The first kappa shape index (κ1) is 17.9. The highest BCUT2D eigenvalue weighted by Crippen LogP contribution is 2.21. The molecule has 1 aliphatic heterocycles. The van der Waals surface area contributed by atoms with Gasteiger partial charge in [0.1, 0.15) is 0 Å². The Morgan fingerprint density at radius 1 is 1.52 bits per heavy atom. The van der Waals surface area contributed by atoms with E-state index in [4.69, 9.17) is 22.1 Å². The Hall–Kier alpha value is -1.47. The normalized spacial score (nSPS) is 16.4. The lowest BCUT2D eigenvalue weighted by Gasteiger charge is -2.31. The van der Waals surface area contributed by atoms with E-state index >= 15 is 0 Å². The van der Waals surface area contributed by atoms with Gasteiger partial charge in [-0.15, -0.1) is 11.3 Å². The molecule has 8 heteroatoms. The van der Waals surface area contributed by atoms with Gasteiger partial charge in [0.15, 0.2) is 5.96 Å². The van der Waals surface area contributed by atoms with Gasteiger partial charge in [-0.3, -0.25) is 4.99 Å². The van der Waals surface area contributed by atoms with E-state index in [1.165, 1.54) is 4.88 Å². The fraction of sp³-hybridized carbons (Fsp3) is 0.600. The largest absolute Gasteiger partial charge is 0.450 e. The molecule has 0 aromatic carbocycles. The van der Waals surface area contributed by atoms with Crippen LogP contribution in [0.4, 0.5) is 4.79 Å². The molecule has 1 aromatic rings. The fourth-order valence-electron chi connectivity index (χ4n) is 2.45. The van der Waals surface area contributed by atoms with Crippen molar-refractivity contribution in [2.75, 3.05) is 26.2 Å². The zero-order valence-electron chi connectivity index (χ0n) is 13.3. The van der Waals surface area contributed by atoms with E-state index in [9.17, 15) is 4.79 Å². The summed E-state index contributed by atoms with van der Waals surface area (Å²) in [4.78, 5) is 18.9. The van der Waals surface area contributed by atoms with Crippen LogP contribution < -0.4 is 11.1 Å². The molecule has 3 N–H and O–H groups in total. The van der Waals surface area contributed by atoms with Crippen LogP contribution in [0.15, 0.2) is 17.1 Å². The zero-order valence-corrected chi connectivity index (χ0v) is 14.8. The van der Waals surface area contributed by atoms with Gasteiger partial charge in [0.25, 0.3) is 0 Å². The number of nitrogens with one attached hydrogen (secondary N) is 1. The molecule has 6 nitrogen and oxygen atoms in total. The number of carbonyl (C=O) groups excluding carboxylic acids is 1. The number of aliphatic imine (C=N–C) groups is 1. The number of hydrogen-bond acceptors (Lipinski definition) is 4. The molecule has 0 atom stereocenters. The van der Waals surface area contributed by atoms with E-state index in [2.05, 4.69) is 10.3 Å². The lowest BCUT2D eigenvalue weighted by atomic mass is 10.1. The molecule has 0 radical (unpaired) electrons. The first-order chi connectivity index (χ1) is 11.1. The van der Waals surface area contributed by atoms with E-state index in [1.807, 2.05) is 19.1 Å². The number of thiophene rings is 1. The lowest BCUT2D eigenvalue weighted by Crippen LogP contribution is -2.48. The minimum Gasteiger partial charge on any atom is -0.450 e. The second-order valence-corrected chi connectivity index (χ2v) is 7.13. The first-order valence-electron chi connectivity index (χ1n) is 7.81. The number of guanidine groups is 1. The lowest BCUT2D eigenvalue weighted by molar-refractivity contribution is 0.0963. The highest BCUT2D eigenvalue weighted by molar-refractivity contribution is 7.16. The van der Waals surface area contributed by atoms with Crippen LogP contribution in [0.5, 0.6) is 0 Å². The summed E-state index contributed by atoms with van der Waals surface area (Å²) in [6.45, 7) is 4.21. The van der Waals surface area contributed by atoms with E-state index < -0.39 is 0 Å². The fourth-order valence-corrected chi connectivity index (χ4v) is 3.52. The Morgan fingerprint density at radius 2 is 2.26 bits per heavy atom. The van der Waals surface area contributed by atoms with Crippen molar-refractivity contribution < 1.29 is 9.53 Å². The van der Waals surface area contributed by atoms with E-state index in [0.29, 0.717) is 32.2 Å². The summed E-state index contributed by atoms with van der Waals surface area (Å²) in [5.41, 5.74) is 5.93. The van der Waals surface area contributed by atoms with Crippen molar-refractivity contribution in [3.63, 3.8) is 0 Å². The maximum atomic E-state index is 11.6. The average molecular weight is 359 g/mol. The second-order valence-electron chi connectivity index (χ2n) is 5.33. The summed E-state index contributed by atoms with van der Waals surface area (Å²) in [7, 11) is 0. The molecular weight excluding hydrogens is 336 g/mol. The predicted octanol–water partition coefficient (Wildman–Crippen LogP) is 2.47. The number of piperidine rings is 1. The number of likely N-dealkylation sites (tertiary alicyclic amines) is 1. The van der Waals surface area contributed by atoms with Gasteiger partial charge in [-0.05, 0) is 31.9 Å². The molecule has 1 aromatic heterocycles. The van der Waals surface area contributed by atoms with Gasteiger partial charge in [-0.25, -0.2) is 4.79 Å². The number of nitrogens with two attached hydrogens (primary N) is 1. The van der Waals surface area contributed by atoms with E-state index in [-0.39, 0.29) is 12.1 Å². The van der Waals surface area contributed by atoms with Gasteiger partial charge in [0.05, 0.1) is 10.9 Å². The smallest absolute Gasteiger partial charge is 0.409 e. The number of rotatable bonds is 5. The van der Waals surface area contributed by atoms with E-state index in [1.54, 1.807) is 16.2 Å². The molecule has 2 heterocycles. The summed E-state index contributed by atoms with van der Waals surface area (Å²) in [5.74, 6) is 0.460. The minimum absolute atomic E-state index is 0.234. The average Bonchev–Trinajstić information content (AvgIpc) is 2.93. The minimum atomic E-state index is -0.234. The number of amides is 1. The molecule has 1 fully saturated rings. The van der Waals surface area contributed by atoms with Crippen molar-refractivity contribution in [1.82, 2.24) is 10.2 Å². The van der Waals surface area contributed by atoms with Crippen molar-refractivity contribution >= 4 is 35.0 Å². The molecule has 0 spiro atoms. The topological polar surface area (TPSA) is 80.0 Å². The molecule has 0 unspecified atom stereocenters. The van der Waals surface area contributed by atoms with Crippen LogP contribution in [0.2, 0.25) is 4.34 Å². The van der Waals surface area contributed by atoms with Crippen molar-refractivity contribution in [2.24, 2.45) is 10.7 Å². The number of carbonyl (C=O) groups is 1. The van der Waals surface area contributed by atoms with Crippen LogP contribution >= 0.6 is 22.9 Å². The third-order valence-corrected chi connectivity index (χ3v) is 4.93. The second kappa shape index (κ2) is 8.98. The van der Waals surface area contributed by atoms with Crippen LogP contribution in [-0.2, 0) is 11.2 Å². The molecule has 0 aliphatic carbocycles. The van der Waals surface area contributed by atoms with Gasteiger partial charge in [-0.1, -0.05) is 11.6 Å². The third kappa shape index (κ3) is 5.91. The van der Waals surface area contributed by atoms with Crippen molar-refractivity contribution in [2.45, 2.75) is 32.2 Å². The highest BCUT2D eigenvalue weighted by atomic mass is 35.5. The summed E-state index contributed by atoms with van der Waals surface area (Å²) in [5, 5.41) is 3.23. The number of hydrogen-bond donors (Lipinski definition) is 2. The summed E-state index contributed by atoms with van der Waals surface area (Å²) in [6.07, 6.45) is 2.29.